The fraction of sp³-hybridized carbons (Fsp3) is 0.714. The van der Waals surface area contributed by atoms with Gasteiger partial charge in [-0.15, -0.1) is 0 Å². The molecule has 40 heavy (non-hydrogen) atoms. The van der Waals surface area contributed by atoms with Crippen molar-refractivity contribution in [1.29, 1.82) is 0 Å². The van der Waals surface area contributed by atoms with E-state index in [4.69, 9.17) is 14.2 Å². The number of nitrogens with zero attached hydrogens (tertiary/aromatic N) is 3. The third-order valence-corrected chi connectivity index (χ3v) is 10.4. The molecule has 11 nitrogen and oxygen atoms in total. The highest BCUT2D eigenvalue weighted by atomic mass is 32.2. The fourth-order valence-electron chi connectivity index (χ4n) is 5.99. The minimum atomic E-state index is -3.34. The van der Waals surface area contributed by atoms with Crippen LogP contribution in [0.3, 0.4) is 0 Å². The van der Waals surface area contributed by atoms with E-state index < -0.39 is 10.0 Å². The van der Waals surface area contributed by atoms with Crippen molar-refractivity contribution in [2.45, 2.75) is 32.1 Å². The Kier molecular flexibility index (Phi) is 9.82. The number of sulfonamides is 1. The van der Waals surface area contributed by atoms with E-state index in [1.54, 1.807) is 16.4 Å². The molecule has 3 saturated heterocycles. The molecule has 0 radical (unpaired) electrons. The zero-order valence-corrected chi connectivity index (χ0v) is 24.0. The van der Waals surface area contributed by atoms with Crippen LogP contribution in [-0.4, -0.2) is 119 Å². The van der Waals surface area contributed by atoms with Crippen LogP contribution in [-0.2, 0) is 19.6 Å². The first-order valence-corrected chi connectivity index (χ1v) is 16.2. The van der Waals surface area contributed by atoms with Gasteiger partial charge < -0.3 is 29.3 Å². The van der Waals surface area contributed by atoms with E-state index in [0.717, 1.165) is 45.3 Å². The Hall–Kier alpha value is -2.41. The van der Waals surface area contributed by atoms with Crippen molar-refractivity contribution in [1.82, 2.24) is 19.4 Å². The minimum absolute atomic E-state index is 0.0103. The second-order valence-electron chi connectivity index (χ2n) is 11.1. The van der Waals surface area contributed by atoms with Crippen LogP contribution in [0.1, 0.15) is 42.5 Å². The summed E-state index contributed by atoms with van der Waals surface area (Å²) in [6.07, 6.45) is 4.02. The van der Waals surface area contributed by atoms with Gasteiger partial charge in [0.1, 0.15) is 13.2 Å². The number of likely N-dealkylation sites (tertiary alicyclic amines) is 1. The summed E-state index contributed by atoms with van der Waals surface area (Å²) in [5.41, 5.74) is 0.503. The lowest BCUT2D eigenvalue weighted by atomic mass is 9.96. The SMILES string of the molecule is O=C(NCC1CCN(CCCS(=O)(=O)N2CCN(C(=O)C3CCOCC3)CC2)CC1)c1cccc2c1OCCO2. The molecule has 222 valence electrons. The van der Waals surface area contributed by atoms with Crippen molar-refractivity contribution < 1.29 is 32.2 Å². The quantitative estimate of drug-likeness (QED) is 0.465. The Morgan fingerprint density at radius 3 is 2.38 bits per heavy atom. The summed E-state index contributed by atoms with van der Waals surface area (Å²) in [7, 11) is -3.34. The van der Waals surface area contributed by atoms with Crippen molar-refractivity contribution in [3.63, 3.8) is 0 Å². The van der Waals surface area contributed by atoms with Crippen LogP contribution >= 0.6 is 0 Å². The van der Waals surface area contributed by atoms with E-state index in [9.17, 15) is 18.0 Å². The van der Waals surface area contributed by atoms with E-state index >= 15 is 0 Å². The van der Waals surface area contributed by atoms with Crippen LogP contribution in [0.15, 0.2) is 18.2 Å². The standard InChI is InChI=1S/C28H42N4O7S/c33-27(24-3-1-4-25-26(24)39-19-18-38-25)29-21-22-5-10-30(11-6-22)9-2-20-40(35,36)32-14-12-31(13-15-32)28(34)23-7-16-37-17-8-23/h1,3-4,22-23H,2,5-21H2,(H,29,33). The maximum Gasteiger partial charge on any atom is 0.255 e. The number of fused-ring (bicyclic) bond motifs is 1. The molecule has 12 heteroatoms. The fourth-order valence-corrected chi connectivity index (χ4v) is 7.46. The minimum Gasteiger partial charge on any atom is -0.486 e. The Morgan fingerprint density at radius 2 is 1.62 bits per heavy atom. The monoisotopic (exact) mass is 578 g/mol. The number of benzene rings is 1. The molecular formula is C28H42N4O7S. The van der Waals surface area contributed by atoms with Gasteiger partial charge in [0.05, 0.1) is 11.3 Å². The number of amides is 2. The number of hydrogen-bond acceptors (Lipinski definition) is 8. The van der Waals surface area contributed by atoms with Crippen LogP contribution < -0.4 is 14.8 Å². The van der Waals surface area contributed by atoms with Gasteiger partial charge in [-0.1, -0.05) is 6.07 Å². The first-order chi connectivity index (χ1) is 19.4. The molecule has 0 unspecified atom stereocenters. The number of hydrogen-bond donors (Lipinski definition) is 1. The summed E-state index contributed by atoms with van der Waals surface area (Å²) in [4.78, 5) is 29.6. The van der Waals surface area contributed by atoms with E-state index in [2.05, 4.69) is 10.2 Å². The Bertz CT molecular complexity index is 1130. The number of nitrogens with one attached hydrogen (secondary N) is 1. The van der Waals surface area contributed by atoms with Crippen molar-refractivity contribution in [3.05, 3.63) is 23.8 Å². The Labute approximate surface area is 237 Å². The maximum absolute atomic E-state index is 12.9. The molecule has 0 bridgehead atoms. The predicted octanol–water partition coefficient (Wildman–Crippen LogP) is 1.19. The number of carbonyl (C=O) groups is 2. The highest BCUT2D eigenvalue weighted by Gasteiger charge is 2.32. The summed E-state index contributed by atoms with van der Waals surface area (Å²) in [6.45, 7) is 6.99. The lowest BCUT2D eigenvalue weighted by Gasteiger charge is -2.36. The van der Waals surface area contributed by atoms with E-state index in [1.165, 1.54) is 0 Å². The van der Waals surface area contributed by atoms with Crippen LogP contribution in [0.5, 0.6) is 11.5 Å². The summed E-state index contributed by atoms with van der Waals surface area (Å²) >= 11 is 0. The first kappa shape index (κ1) is 29.1. The topological polar surface area (TPSA) is 118 Å². The molecule has 0 spiro atoms. The molecular weight excluding hydrogens is 536 g/mol. The molecule has 0 atom stereocenters. The summed E-state index contributed by atoms with van der Waals surface area (Å²) in [5, 5.41) is 3.05. The smallest absolute Gasteiger partial charge is 0.255 e. The second-order valence-corrected chi connectivity index (χ2v) is 13.2. The zero-order chi connectivity index (χ0) is 28.0. The number of piperidine rings is 1. The van der Waals surface area contributed by atoms with Gasteiger partial charge in [-0.05, 0) is 69.8 Å². The molecule has 0 aromatic heterocycles. The maximum atomic E-state index is 12.9. The third kappa shape index (κ3) is 7.26. The molecule has 1 aromatic carbocycles. The molecule has 3 fully saturated rings. The van der Waals surface area contributed by atoms with Crippen LogP contribution in [0.2, 0.25) is 0 Å². The second kappa shape index (κ2) is 13.5. The van der Waals surface area contributed by atoms with Gasteiger partial charge in [-0.3, -0.25) is 9.59 Å². The number of piperazine rings is 1. The number of para-hydroxylation sites is 1. The molecule has 0 saturated carbocycles. The normalized spacial score (nSPS) is 21.8. The van der Waals surface area contributed by atoms with Gasteiger partial charge >= 0.3 is 0 Å². The lowest BCUT2D eigenvalue weighted by molar-refractivity contribution is -0.139. The van der Waals surface area contributed by atoms with Crippen molar-refractivity contribution in [2.24, 2.45) is 11.8 Å². The summed E-state index contributed by atoms with van der Waals surface area (Å²) in [6, 6.07) is 5.37. The molecule has 4 aliphatic rings. The highest BCUT2D eigenvalue weighted by Crippen LogP contribution is 2.33. The first-order valence-electron chi connectivity index (χ1n) is 14.6. The molecule has 4 heterocycles. The zero-order valence-electron chi connectivity index (χ0n) is 23.2. The van der Waals surface area contributed by atoms with E-state index in [-0.39, 0.29) is 23.5 Å². The largest absolute Gasteiger partial charge is 0.486 e. The van der Waals surface area contributed by atoms with Crippen molar-refractivity contribution in [3.8, 4) is 11.5 Å². The molecule has 2 amide bonds. The van der Waals surface area contributed by atoms with Gasteiger partial charge in [0.2, 0.25) is 15.9 Å². The van der Waals surface area contributed by atoms with Gasteiger partial charge in [-0.2, -0.15) is 4.31 Å². The van der Waals surface area contributed by atoms with Crippen LogP contribution in [0.4, 0.5) is 0 Å². The van der Waals surface area contributed by atoms with Crippen LogP contribution in [0, 0.1) is 11.8 Å². The summed E-state index contributed by atoms with van der Waals surface area (Å²) < 4.78 is 44.0. The van der Waals surface area contributed by atoms with Gasteiger partial charge in [-0.25, -0.2) is 8.42 Å². The number of rotatable bonds is 9. The van der Waals surface area contributed by atoms with Crippen molar-refractivity contribution in [2.75, 3.05) is 84.5 Å². The summed E-state index contributed by atoms with van der Waals surface area (Å²) in [5.74, 6) is 1.65. The third-order valence-electron chi connectivity index (χ3n) is 8.46. The van der Waals surface area contributed by atoms with Gasteiger partial charge in [0, 0.05) is 51.9 Å². The Morgan fingerprint density at radius 1 is 0.900 bits per heavy atom. The molecule has 0 aliphatic carbocycles. The van der Waals surface area contributed by atoms with E-state index in [1.807, 2.05) is 11.0 Å². The van der Waals surface area contributed by atoms with Gasteiger partial charge in [0.25, 0.3) is 5.91 Å². The molecule has 1 N–H and O–H groups in total. The Balaban J connectivity index is 0.978. The van der Waals surface area contributed by atoms with Gasteiger partial charge in [0.15, 0.2) is 11.5 Å². The van der Waals surface area contributed by atoms with E-state index in [0.29, 0.717) is 88.6 Å². The predicted molar refractivity (Wildman–Crippen MR) is 149 cm³/mol. The molecule has 4 aliphatic heterocycles. The van der Waals surface area contributed by atoms with Crippen molar-refractivity contribution >= 4 is 21.8 Å². The number of carbonyl (C=O) groups excluding carboxylic acids is 2. The molecule has 1 aromatic rings. The van der Waals surface area contributed by atoms with Crippen LogP contribution in [0.25, 0.3) is 0 Å². The average molecular weight is 579 g/mol. The highest BCUT2D eigenvalue weighted by molar-refractivity contribution is 7.89. The average Bonchev–Trinajstić information content (AvgIpc) is 3.00. The molecule has 5 rings (SSSR count). The lowest BCUT2D eigenvalue weighted by Crippen LogP contribution is -2.52. The number of ether oxygens (including phenoxy) is 3.